The van der Waals surface area contributed by atoms with Crippen molar-refractivity contribution in [1.29, 1.82) is 5.26 Å². The fraction of sp³-hybridized carbons (Fsp3) is 0.588. The van der Waals surface area contributed by atoms with Crippen LogP contribution in [-0.2, 0) is 6.18 Å². The lowest BCUT2D eigenvalue weighted by Crippen LogP contribution is -2.52. The summed E-state index contributed by atoms with van der Waals surface area (Å²) in [6.45, 7) is 7.46. The van der Waals surface area contributed by atoms with Gasteiger partial charge in [0.2, 0.25) is 0 Å². The number of hydrogen-bond acceptors (Lipinski definition) is 3. The summed E-state index contributed by atoms with van der Waals surface area (Å²) in [6, 6.07) is 6.95. The van der Waals surface area contributed by atoms with Gasteiger partial charge in [-0.05, 0) is 37.6 Å². The summed E-state index contributed by atoms with van der Waals surface area (Å²) in [6.07, 6.45) is -3.32. The van der Waals surface area contributed by atoms with Crippen molar-refractivity contribution in [2.45, 2.75) is 38.5 Å². The molecule has 6 heteroatoms. The second kappa shape index (κ2) is 7.33. The summed E-state index contributed by atoms with van der Waals surface area (Å²) < 4.78 is 38.6. The van der Waals surface area contributed by atoms with Crippen LogP contribution in [0.2, 0.25) is 0 Å². The average molecular weight is 325 g/mol. The second-order valence-corrected chi connectivity index (χ2v) is 6.03. The molecular weight excluding hydrogens is 303 g/mol. The van der Waals surface area contributed by atoms with Crippen LogP contribution in [0.3, 0.4) is 0 Å². The number of benzene rings is 1. The third-order valence-electron chi connectivity index (χ3n) is 4.32. The van der Waals surface area contributed by atoms with Crippen molar-refractivity contribution < 1.29 is 13.2 Å². The van der Waals surface area contributed by atoms with Gasteiger partial charge in [0.15, 0.2) is 0 Å². The Morgan fingerprint density at radius 2 is 2.09 bits per heavy atom. The molecule has 1 saturated heterocycles. The Morgan fingerprint density at radius 3 is 2.65 bits per heavy atom. The third-order valence-corrected chi connectivity index (χ3v) is 4.32. The first-order valence-electron chi connectivity index (χ1n) is 7.91. The Balaban J connectivity index is 2.17. The summed E-state index contributed by atoms with van der Waals surface area (Å²) in [4.78, 5) is 4.34. The lowest BCUT2D eigenvalue weighted by atomic mass is 10.0. The Kier molecular flexibility index (Phi) is 5.66. The van der Waals surface area contributed by atoms with Gasteiger partial charge in [0.1, 0.15) is 6.04 Å². The highest BCUT2D eigenvalue weighted by molar-refractivity contribution is 5.31. The largest absolute Gasteiger partial charge is 0.416 e. The van der Waals surface area contributed by atoms with Gasteiger partial charge in [-0.25, -0.2) is 0 Å². The zero-order valence-electron chi connectivity index (χ0n) is 13.5. The van der Waals surface area contributed by atoms with E-state index in [1.165, 1.54) is 6.07 Å². The standard InChI is InChI=1S/C17H22F3N3/c1-3-7-22-8-9-23(12-13(22)2)16(11-21)14-5-4-6-15(10-14)17(18,19)20/h4-6,10,13,16H,3,7-9,12H2,1-2H3. The number of nitriles is 1. The normalized spacial score (nSPS) is 21.8. The maximum absolute atomic E-state index is 12.9. The van der Waals surface area contributed by atoms with E-state index in [4.69, 9.17) is 0 Å². The summed E-state index contributed by atoms with van der Waals surface area (Å²) in [5.74, 6) is 0. The summed E-state index contributed by atoms with van der Waals surface area (Å²) in [5, 5.41) is 9.49. The number of nitrogens with zero attached hydrogens (tertiary/aromatic N) is 3. The molecular formula is C17H22F3N3. The van der Waals surface area contributed by atoms with Crippen molar-refractivity contribution in [3.8, 4) is 6.07 Å². The molecule has 3 nitrogen and oxygen atoms in total. The van der Waals surface area contributed by atoms with Crippen LogP contribution < -0.4 is 0 Å². The number of alkyl halides is 3. The molecule has 2 unspecified atom stereocenters. The van der Waals surface area contributed by atoms with Crippen LogP contribution in [0.15, 0.2) is 24.3 Å². The highest BCUT2D eigenvalue weighted by atomic mass is 19.4. The van der Waals surface area contributed by atoms with Crippen LogP contribution in [0.5, 0.6) is 0 Å². The van der Waals surface area contributed by atoms with Crippen LogP contribution in [0, 0.1) is 11.3 Å². The van der Waals surface area contributed by atoms with Crippen LogP contribution in [0.25, 0.3) is 0 Å². The smallest absolute Gasteiger partial charge is 0.298 e. The summed E-state index contributed by atoms with van der Waals surface area (Å²) in [7, 11) is 0. The van der Waals surface area contributed by atoms with Crippen molar-refractivity contribution in [2.24, 2.45) is 0 Å². The van der Waals surface area contributed by atoms with Gasteiger partial charge in [-0.2, -0.15) is 18.4 Å². The topological polar surface area (TPSA) is 30.3 Å². The molecule has 1 fully saturated rings. The molecule has 0 spiro atoms. The molecule has 1 aromatic carbocycles. The van der Waals surface area contributed by atoms with E-state index in [0.717, 1.165) is 31.6 Å². The van der Waals surface area contributed by atoms with Gasteiger partial charge in [-0.3, -0.25) is 9.80 Å². The first-order chi connectivity index (χ1) is 10.9. The van der Waals surface area contributed by atoms with Gasteiger partial charge in [-0.1, -0.05) is 19.1 Å². The molecule has 0 amide bonds. The molecule has 0 aromatic heterocycles. The average Bonchev–Trinajstić information content (AvgIpc) is 2.50. The molecule has 23 heavy (non-hydrogen) atoms. The molecule has 0 radical (unpaired) electrons. The third kappa shape index (κ3) is 4.24. The minimum absolute atomic E-state index is 0.297. The summed E-state index contributed by atoms with van der Waals surface area (Å²) >= 11 is 0. The Labute approximate surface area is 135 Å². The van der Waals surface area contributed by atoms with E-state index < -0.39 is 17.8 Å². The number of halogens is 3. The second-order valence-electron chi connectivity index (χ2n) is 6.03. The Morgan fingerprint density at radius 1 is 1.35 bits per heavy atom. The van der Waals surface area contributed by atoms with Gasteiger partial charge < -0.3 is 0 Å². The predicted molar refractivity (Wildman–Crippen MR) is 82.7 cm³/mol. The molecule has 0 N–H and O–H groups in total. The fourth-order valence-electron chi connectivity index (χ4n) is 3.13. The molecule has 0 aliphatic carbocycles. The molecule has 1 aliphatic rings. The van der Waals surface area contributed by atoms with Crippen molar-refractivity contribution >= 4 is 0 Å². The van der Waals surface area contributed by atoms with Crippen LogP contribution in [-0.4, -0.2) is 42.0 Å². The monoisotopic (exact) mass is 325 g/mol. The molecule has 2 rings (SSSR count). The maximum atomic E-state index is 12.9. The zero-order chi connectivity index (χ0) is 17.0. The van der Waals surface area contributed by atoms with Crippen LogP contribution >= 0.6 is 0 Å². The van der Waals surface area contributed by atoms with Crippen molar-refractivity contribution in [1.82, 2.24) is 9.80 Å². The van der Waals surface area contributed by atoms with Crippen LogP contribution in [0.1, 0.15) is 37.4 Å². The number of hydrogen-bond donors (Lipinski definition) is 0. The number of piperazine rings is 1. The van der Waals surface area contributed by atoms with E-state index >= 15 is 0 Å². The van der Waals surface area contributed by atoms with Gasteiger partial charge in [0.25, 0.3) is 0 Å². The fourth-order valence-corrected chi connectivity index (χ4v) is 3.13. The van der Waals surface area contributed by atoms with E-state index in [9.17, 15) is 18.4 Å². The molecule has 0 saturated carbocycles. The lowest BCUT2D eigenvalue weighted by Gasteiger charge is -2.41. The van der Waals surface area contributed by atoms with Gasteiger partial charge in [-0.15, -0.1) is 0 Å². The highest BCUT2D eigenvalue weighted by Gasteiger charge is 2.33. The first-order valence-corrected chi connectivity index (χ1v) is 7.91. The van der Waals surface area contributed by atoms with E-state index in [2.05, 4.69) is 24.8 Å². The van der Waals surface area contributed by atoms with Crippen molar-refractivity contribution in [2.75, 3.05) is 26.2 Å². The van der Waals surface area contributed by atoms with Crippen molar-refractivity contribution in [3.05, 3.63) is 35.4 Å². The van der Waals surface area contributed by atoms with Gasteiger partial charge in [0, 0.05) is 25.7 Å². The molecule has 2 atom stereocenters. The molecule has 1 aliphatic heterocycles. The minimum Gasteiger partial charge on any atom is -0.298 e. The predicted octanol–water partition coefficient (Wildman–Crippen LogP) is 3.69. The number of rotatable bonds is 4. The Hall–Kier alpha value is -1.58. The molecule has 126 valence electrons. The molecule has 1 aromatic rings. The van der Waals surface area contributed by atoms with E-state index in [-0.39, 0.29) is 0 Å². The first kappa shape index (κ1) is 17.8. The van der Waals surface area contributed by atoms with Gasteiger partial charge >= 0.3 is 6.18 Å². The SMILES string of the molecule is CCCN1CCN(C(C#N)c2cccc(C(F)(F)F)c2)CC1C. The Bertz CT molecular complexity index is 565. The zero-order valence-corrected chi connectivity index (χ0v) is 13.5. The quantitative estimate of drug-likeness (QED) is 0.846. The minimum atomic E-state index is -4.39. The van der Waals surface area contributed by atoms with Crippen molar-refractivity contribution in [3.63, 3.8) is 0 Å². The molecule has 1 heterocycles. The van der Waals surface area contributed by atoms with Gasteiger partial charge in [0.05, 0.1) is 11.6 Å². The maximum Gasteiger partial charge on any atom is 0.416 e. The highest BCUT2D eigenvalue weighted by Crippen LogP contribution is 2.32. The van der Waals surface area contributed by atoms with Crippen LogP contribution in [0.4, 0.5) is 13.2 Å². The van der Waals surface area contributed by atoms with E-state index in [1.54, 1.807) is 6.07 Å². The lowest BCUT2D eigenvalue weighted by molar-refractivity contribution is -0.137. The van der Waals surface area contributed by atoms with E-state index in [0.29, 0.717) is 24.7 Å². The van der Waals surface area contributed by atoms with E-state index in [1.807, 2.05) is 4.90 Å². The summed E-state index contributed by atoms with van der Waals surface area (Å²) in [5.41, 5.74) is -0.286. The molecule has 0 bridgehead atoms.